The Bertz CT molecular complexity index is 923. The maximum absolute atomic E-state index is 13.3. The topological polar surface area (TPSA) is 83.9 Å². The molecule has 0 spiro atoms. The third-order valence-corrected chi connectivity index (χ3v) is 6.13. The molecule has 2 aromatic carbocycles. The molecule has 1 atom stereocenters. The van der Waals surface area contributed by atoms with Gasteiger partial charge in [-0.2, -0.15) is 0 Å². The Labute approximate surface area is 146 Å². The fourth-order valence-electron chi connectivity index (χ4n) is 3.13. The Morgan fingerprint density at radius 3 is 2.68 bits per heavy atom. The molecular formula is C18H19NO5S. The number of hydrogen-bond donors (Lipinski definition) is 1. The van der Waals surface area contributed by atoms with Crippen LogP contribution in [0.5, 0.6) is 5.75 Å². The Balaban J connectivity index is 2.10. The van der Waals surface area contributed by atoms with Gasteiger partial charge in [0.05, 0.1) is 19.2 Å². The first kappa shape index (κ1) is 17.3. The number of anilines is 1. The normalized spacial score (nSPS) is 16.6. The molecule has 0 saturated carbocycles. The monoisotopic (exact) mass is 361 g/mol. The minimum absolute atomic E-state index is 0.0161. The molecule has 0 radical (unpaired) electrons. The van der Waals surface area contributed by atoms with Crippen LogP contribution in [-0.2, 0) is 21.2 Å². The standard InChI is InChI=1S/C18H19NO5S/c1-12-11-19(15-6-4-3-5-14(12)15)25(22,23)17-9-13(10-18(20)21)7-8-16(17)24-2/h3-9,12H,10-11H2,1-2H3,(H,20,21)/t12-/m0/s1. The number of para-hydroxylation sites is 1. The van der Waals surface area contributed by atoms with Gasteiger partial charge in [0, 0.05) is 12.5 Å². The molecule has 7 heteroatoms. The van der Waals surface area contributed by atoms with Crippen molar-refractivity contribution in [2.24, 2.45) is 0 Å². The second-order valence-corrected chi connectivity index (χ2v) is 7.88. The summed E-state index contributed by atoms with van der Waals surface area (Å²) in [5, 5.41) is 8.97. The first-order valence-corrected chi connectivity index (χ1v) is 9.29. The van der Waals surface area contributed by atoms with Crippen LogP contribution in [0.1, 0.15) is 24.0 Å². The van der Waals surface area contributed by atoms with Gasteiger partial charge < -0.3 is 9.84 Å². The molecule has 1 heterocycles. The summed E-state index contributed by atoms with van der Waals surface area (Å²) in [7, 11) is -2.48. The summed E-state index contributed by atoms with van der Waals surface area (Å²) < 4.78 is 33.1. The Morgan fingerprint density at radius 1 is 1.28 bits per heavy atom. The van der Waals surface area contributed by atoms with Crippen molar-refractivity contribution >= 4 is 21.7 Å². The lowest BCUT2D eigenvalue weighted by Crippen LogP contribution is -2.30. The van der Waals surface area contributed by atoms with Crippen LogP contribution in [0.15, 0.2) is 47.4 Å². The molecule has 0 saturated heterocycles. The van der Waals surface area contributed by atoms with Gasteiger partial charge in [-0.3, -0.25) is 9.10 Å². The molecule has 0 fully saturated rings. The SMILES string of the molecule is COc1ccc(CC(=O)O)cc1S(=O)(=O)N1C[C@H](C)c2ccccc21. The van der Waals surface area contributed by atoms with Crippen LogP contribution >= 0.6 is 0 Å². The highest BCUT2D eigenvalue weighted by molar-refractivity contribution is 7.93. The fraction of sp³-hybridized carbons (Fsp3) is 0.278. The predicted molar refractivity (Wildman–Crippen MR) is 93.7 cm³/mol. The zero-order chi connectivity index (χ0) is 18.2. The van der Waals surface area contributed by atoms with Crippen LogP contribution in [0, 0.1) is 0 Å². The van der Waals surface area contributed by atoms with Gasteiger partial charge in [-0.1, -0.05) is 31.2 Å². The van der Waals surface area contributed by atoms with Gasteiger partial charge in [0.2, 0.25) is 0 Å². The van der Waals surface area contributed by atoms with Gasteiger partial charge >= 0.3 is 5.97 Å². The molecule has 0 bridgehead atoms. The average molecular weight is 361 g/mol. The second kappa shape index (κ2) is 6.40. The van der Waals surface area contributed by atoms with Gasteiger partial charge in [0.1, 0.15) is 10.6 Å². The zero-order valence-electron chi connectivity index (χ0n) is 14.0. The van der Waals surface area contributed by atoms with Gasteiger partial charge in [-0.25, -0.2) is 8.42 Å². The number of carbonyl (C=O) groups is 1. The molecule has 1 aliphatic heterocycles. The van der Waals surface area contributed by atoms with E-state index in [2.05, 4.69) is 0 Å². The van der Waals surface area contributed by atoms with Crippen LogP contribution in [0.4, 0.5) is 5.69 Å². The lowest BCUT2D eigenvalue weighted by atomic mass is 10.0. The van der Waals surface area contributed by atoms with E-state index in [1.165, 1.54) is 23.5 Å². The number of nitrogens with zero attached hydrogens (tertiary/aromatic N) is 1. The van der Waals surface area contributed by atoms with Crippen molar-refractivity contribution in [2.75, 3.05) is 18.0 Å². The van der Waals surface area contributed by atoms with Gasteiger partial charge in [0.15, 0.2) is 0 Å². The molecule has 0 amide bonds. The smallest absolute Gasteiger partial charge is 0.307 e. The maximum atomic E-state index is 13.3. The Hall–Kier alpha value is -2.54. The van der Waals surface area contributed by atoms with Crippen LogP contribution in [0.2, 0.25) is 0 Å². The van der Waals surface area contributed by atoms with Crippen LogP contribution in [0.3, 0.4) is 0 Å². The molecule has 2 aromatic rings. The highest BCUT2D eigenvalue weighted by atomic mass is 32.2. The average Bonchev–Trinajstić information content (AvgIpc) is 2.92. The third-order valence-electron chi connectivity index (χ3n) is 4.33. The summed E-state index contributed by atoms with van der Waals surface area (Å²) in [6.07, 6.45) is -0.250. The number of carboxylic acid groups (broad SMARTS) is 1. The van der Waals surface area contributed by atoms with Crippen LogP contribution in [-0.4, -0.2) is 33.1 Å². The lowest BCUT2D eigenvalue weighted by molar-refractivity contribution is -0.136. The largest absolute Gasteiger partial charge is 0.495 e. The quantitative estimate of drug-likeness (QED) is 0.885. The number of carboxylic acids is 1. The number of hydrogen-bond acceptors (Lipinski definition) is 4. The molecule has 3 rings (SSSR count). The lowest BCUT2D eigenvalue weighted by Gasteiger charge is -2.21. The summed E-state index contributed by atoms with van der Waals surface area (Å²) >= 11 is 0. The highest BCUT2D eigenvalue weighted by Crippen LogP contribution is 2.40. The van der Waals surface area contributed by atoms with E-state index in [0.717, 1.165) is 5.56 Å². The molecule has 0 aliphatic carbocycles. The number of rotatable bonds is 5. The molecular weight excluding hydrogens is 342 g/mol. The van der Waals surface area contributed by atoms with E-state index in [4.69, 9.17) is 9.84 Å². The second-order valence-electron chi connectivity index (χ2n) is 6.05. The van der Waals surface area contributed by atoms with Gasteiger partial charge in [-0.15, -0.1) is 0 Å². The van der Waals surface area contributed by atoms with Crippen molar-refractivity contribution in [1.82, 2.24) is 0 Å². The van der Waals surface area contributed by atoms with Crippen molar-refractivity contribution < 1.29 is 23.1 Å². The van der Waals surface area contributed by atoms with E-state index in [9.17, 15) is 13.2 Å². The summed E-state index contributed by atoms with van der Waals surface area (Å²) in [6, 6.07) is 11.8. The van der Waals surface area contributed by atoms with E-state index in [1.807, 2.05) is 19.1 Å². The Morgan fingerprint density at radius 2 is 2.00 bits per heavy atom. The number of fused-ring (bicyclic) bond motifs is 1. The van der Waals surface area contributed by atoms with E-state index in [-0.39, 0.29) is 23.0 Å². The van der Waals surface area contributed by atoms with E-state index < -0.39 is 16.0 Å². The fourth-order valence-corrected chi connectivity index (χ4v) is 4.92. The van der Waals surface area contributed by atoms with Crippen molar-refractivity contribution in [2.45, 2.75) is 24.2 Å². The summed E-state index contributed by atoms with van der Waals surface area (Å²) in [5.74, 6) is -0.737. The van der Waals surface area contributed by atoms with E-state index >= 15 is 0 Å². The Kier molecular flexibility index (Phi) is 4.43. The number of methoxy groups -OCH3 is 1. The number of ether oxygens (including phenoxy) is 1. The molecule has 25 heavy (non-hydrogen) atoms. The van der Waals surface area contributed by atoms with Crippen molar-refractivity contribution in [3.63, 3.8) is 0 Å². The molecule has 0 aromatic heterocycles. The van der Waals surface area contributed by atoms with Crippen molar-refractivity contribution in [3.8, 4) is 5.75 Å². The molecule has 1 aliphatic rings. The van der Waals surface area contributed by atoms with Gasteiger partial charge in [0.25, 0.3) is 10.0 Å². The van der Waals surface area contributed by atoms with E-state index in [0.29, 0.717) is 17.8 Å². The summed E-state index contributed by atoms with van der Waals surface area (Å²) in [4.78, 5) is 10.9. The molecule has 0 unspecified atom stereocenters. The first-order chi connectivity index (χ1) is 11.8. The summed E-state index contributed by atoms with van der Waals surface area (Å²) in [6.45, 7) is 2.32. The zero-order valence-corrected chi connectivity index (χ0v) is 14.8. The first-order valence-electron chi connectivity index (χ1n) is 7.85. The maximum Gasteiger partial charge on any atom is 0.307 e. The molecule has 132 valence electrons. The highest BCUT2D eigenvalue weighted by Gasteiger charge is 2.36. The van der Waals surface area contributed by atoms with Crippen LogP contribution in [0.25, 0.3) is 0 Å². The predicted octanol–water partition coefficient (Wildman–Crippen LogP) is 2.63. The number of sulfonamides is 1. The number of benzene rings is 2. The minimum atomic E-state index is -3.87. The van der Waals surface area contributed by atoms with Crippen molar-refractivity contribution in [3.05, 3.63) is 53.6 Å². The third kappa shape index (κ3) is 3.07. The van der Waals surface area contributed by atoms with Gasteiger partial charge in [-0.05, 0) is 29.3 Å². The number of aliphatic carboxylic acids is 1. The van der Waals surface area contributed by atoms with E-state index in [1.54, 1.807) is 18.2 Å². The molecule has 6 nitrogen and oxygen atoms in total. The molecule has 1 N–H and O–H groups in total. The summed E-state index contributed by atoms with van der Waals surface area (Å²) in [5.41, 5.74) is 2.04. The van der Waals surface area contributed by atoms with Crippen molar-refractivity contribution in [1.29, 1.82) is 0 Å². The minimum Gasteiger partial charge on any atom is -0.495 e. The van der Waals surface area contributed by atoms with Crippen LogP contribution < -0.4 is 9.04 Å².